The molecule has 1 aliphatic carbocycles. The lowest BCUT2D eigenvalue weighted by Gasteiger charge is -2.33. The number of amides is 1. The van der Waals surface area contributed by atoms with Gasteiger partial charge in [-0.25, -0.2) is 4.98 Å². The van der Waals surface area contributed by atoms with Crippen molar-refractivity contribution in [2.45, 2.75) is 31.2 Å². The zero-order valence-corrected chi connectivity index (χ0v) is 16.9. The Morgan fingerprint density at radius 1 is 1.06 bits per heavy atom. The van der Waals surface area contributed by atoms with Crippen molar-refractivity contribution < 1.29 is 22.7 Å². The number of alkyl halides is 3. The highest BCUT2D eigenvalue weighted by Crippen LogP contribution is 2.41. The molecule has 1 aromatic carbocycles. The first kappa shape index (κ1) is 20.4. The molecule has 3 aromatic rings. The van der Waals surface area contributed by atoms with Crippen molar-refractivity contribution in [3.63, 3.8) is 0 Å². The van der Waals surface area contributed by atoms with Crippen molar-refractivity contribution >= 4 is 5.91 Å². The van der Waals surface area contributed by atoms with E-state index in [-0.39, 0.29) is 29.9 Å². The third-order valence-corrected chi connectivity index (χ3v) is 6.03. The number of carbonyl (C=O) groups excluding carboxylic acids is 1. The lowest BCUT2D eigenvalue weighted by atomic mass is 10.0. The molecule has 1 amide bonds. The summed E-state index contributed by atoms with van der Waals surface area (Å²) in [5.41, 5.74) is 1.03. The molecule has 1 aliphatic heterocycles. The number of fused-ring (bicyclic) bond motifs is 2. The van der Waals surface area contributed by atoms with E-state index in [1.54, 1.807) is 29.3 Å². The van der Waals surface area contributed by atoms with Gasteiger partial charge in [-0.05, 0) is 43.0 Å². The van der Waals surface area contributed by atoms with Crippen molar-refractivity contribution in [1.82, 2.24) is 20.1 Å². The molecule has 5 rings (SSSR count). The monoisotopic (exact) mass is 440 g/mol. The van der Waals surface area contributed by atoms with Crippen LogP contribution in [0.4, 0.5) is 13.2 Å². The van der Waals surface area contributed by atoms with Gasteiger partial charge in [-0.1, -0.05) is 18.2 Å². The summed E-state index contributed by atoms with van der Waals surface area (Å²) in [6.45, 7) is 0.624. The van der Waals surface area contributed by atoms with Crippen LogP contribution in [0.5, 0.6) is 5.88 Å². The van der Waals surface area contributed by atoms with E-state index < -0.39 is 11.7 Å². The Kier molecular flexibility index (Phi) is 5.03. The van der Waals surface area contributed by atoms with Gasteiger partial charge in [-0.2, -0.15) is 23.4 Å². The first-order valence-electron chi connectivity index (χ1n) is 10.3. The Labute approximate surface area is 182 Å². The van der Waals surface area contributed by atoms with Crippen LogP contribution in [0.1, 0.15) is 28.8 Å². The van der Waals surface area contributed by atoms with Crippen LogP contribution in [-0.2, 0) is 6.18 Å². The predicted molar refractivity (Wildman–Crippen MR) is 109 cm³/mol. The highest BCUT2D eigenvalue weighted by molar-refractivity contribution is 6.00. The fraction of sp³-hybridized carbons (Fsp3) is 0.304. The molecule has 1 saturated carbocycles. The van der Waals surface area contributed by atoms with Gasteiger partial charge in [0.15, 0.2) is 0 Å². The molecule has 2 aromatic heterocycles. The molecule has 3 atom stereocenters. The van der Waals surface area contributed by atoms with Crippen molar-refractivity contribution in [3.8, 4) is 17.1 Å². The molecule has 9 heteroatoms. The fourth-order valence-corrected chi connectivity index (χ4v) is 4.59. The minimum Gasteiger partial charge on any atom is -0.472 e. The normalized spacial score (nSPS) is 22.2. The van der Waals surface area contributed by atoms with E-state index in [0.717, 1.165) is 25.1 Å². The average molecular weight is 440 g/mol. The van der Waals surface area contributed by atoms with Gasteiger partial charge >= 0.3 is 6.18 Å². The molecule has 6 nitrogen and oxygen atoms in total. The number of nitrogens with zero attached hydrogens (tertiary/aromatic N) is 4. The molecule has 2 bridgehead atoms. The number of benzene rings is 1. The number of pyridine rings is 1. The number of carbonyl (C=O) groups is 1. The van der Waals surface area contributed by atoms with Crippen LogP contribution in [0.25, 0.3) is 11.3 Å². The number of halogens is 3. The maximum absolute atomic E-state index is 13.5. The van der Waals surface area contributed by atoms with E-state index in [1.807, 2.05) is 18.2 Å². The average Bonchev–Trinajstić information content (AvgIpc) is 3.40. The van der Waals surface area contributed by atoms with Crippen LogP contribution in [-0.4, -0.2) is 44.7 Å². The van der Waals surface area contributed by atoms with Crippen molar-refractivity contribution in [2.24, 2.45) is 5.92 Å². The highest BCUT2D eigenvalue weighted by Gasteiger charge is 2.48. The van der Waals surface area contributed by atoms with Crippen LogP contribution in [0, 0.1) is 5.92 Å². The molecular weight excluding hydrogens is 421 g/mol. The fourth-order valence-electron chi connectivity index (χ4n) is 4.59. The maximum Gasteiger partial charge on any atom is 0.417 e. The quantitative estimate of drug-likeness (QED) is 0.607. The van der Waals surface area contributed by atoms with Gasteiger partial charge in [0.2, 0.25) is 5.88 Å². The van der Waals surface area contributed by atoms with Crippen LogP contribution in [0.15, 0.2) is 60.9 Å². The lowest BCUT2D eigenvalue weighted by molar-refractivity contribution is -0.137. The molecule has 2 fully saturated rings. The topological polar surface area (TPSA) is 68.2 Å². The van der Waals surface area contributed by atoms with Crippen molar-refractivity contribution in [1.29, 1.82) is 0 Å². The number of rotatable bonds is 4. The Hall–Kier alpha value is -3.49. The van der Waals surface area contributed by atoms with E-state index >= 15 is 0 Å². The van der Waals surface area contributed by atoms with Gasteiger partial charge in [0.05, 0.1) is 17.3 Å². The van der Waals surface area contributed by atoms with Crippen LogP contribution >= 0.6 is 0 Å². The Morgan fingerprint density at radius 2 is 1.91 bits per heavy atom. The molecule has 3 heterocycles. The second-order valence-corrected chi connectivity index (χ2v) is 8.06. The van der Waals surface area contributed by atoms with Gasteiger partial charge in [0, 0.05) is 36.1 Å². The minimum absolute atomic E-state index is 0.118. The van der Waals surface area contributed by atoms with Crippen molar-refractivity contribution in [2.75, 3.05) is 6.54 Å². The predicted octanol–water partition coefficient (Wildman–Crippen LogP) is 4.24. The van der Waals surface area contributed by atoms with Crippen LogP contribution in [0.3, 0.4) is 0 Å². The molecule has 1 saturated heterocycles. The summed E-state index contributed by atoms with van der Waals surface area (Å²) in [5.74, 6) is 0.294. The number of ether oxygens (including phenoxy) is 1. The largest absolute Gasteiger partial charge is 0.472 e. The van der Waals surface area contributed by atoms with Gasteiger partial charge in [-0.3, -0.25) is 4.79 Å². The number of hydrogen-bond donors (Lipinski definition) is 0. The molecule has 32 heavy (non-hydrogen) atoms. The zero-order valence-electron chi connectivity index (χ0n) is 16.9. The van der Waals surface area contributed by atoms with E-state index in [2.05, 4.69) is 15.2 Å². The Morgan fingerprint density at radius 3 is 2.59 bits per heavy atom. The lowest BCUT2D eigenvalue weighted by Crippen LogP contribution is -2.47. The van der Waals surface area contributed by atoms with E-state index in [0.29, 0.717) is 23.4 Å². The second-order valence-electron chi connectivity index (χ2n) is 8.06. The smallest absolute Gasteiger partial charge is 0.417 e. The molecule has 0 N–H and O–H groups in total. The summed E-state index contributed by atoms with van der Waals surface area (Å²) >= 11 is 0. The minimum atomic E-state index is -4.45. The van der Waals surface area contributed by atoms with Gasteiger partial charge in [-0.15, -0.1) is 0 Å². The van der Waals surface area contributed by atoms with Crippen LogP contribution < -0.4 is 4.74 Å². The maximum atomic E-state index is 13.5. The van der Waals surface area contributed by atoms with E-state index in [4.69, 9.17) is 4.74 Å². The number of piperidine rings is 1. The van der Waals surface area contributed by atoms with Gasteiger partial charge in [0.25, 0.3) is 5.91 Å². The third-order valence-electron chi connectivity index (χ3n) is 6.03. The van der Waals surface area contributed by atoms with Gasteiger partial charge in [0.1, 0.15) is 6.10 Å². The SMILES string of the molecule is O=C(c1ccccc1-c1cccnn1)N1CC2CC(Oc3ccc(C(F)(F)F)cn3)C1C2. The third kappa shape index (κ3) is 3.79. The Bertz CT molecular complexity index is 1120. The summed E-state index contributed by atoms with van der Waals surface area (Å²) in [5, 5.41) is 8.03. The number of aromatic nitrogens is 3. The highest BCUT2D eigenvalue weighted by atomic mass is 19.4. The molecule has 3 unspecified atom stereocenters. The number of likely N-dealkylation sites (tertiary alicyclic amines) is 1. The van der Waals surface area contributed by atoms with E-state index in [1.165, 1.54) is 6.07 Å². The number of hydrogen-bond acceptors (Lipinski definition) is 5. The summed E-state index contributed by atoms with van der Waals surface area (Å²) < 4.78 is 44.2. The molecule has 0 spiro atoms. The van der Waals surface area contributed by atoms with Crippen LogP contribution in [0.2, 0.25) is 0 Å². The molecule has 2 aliphatic rings. The first-order valence-corrected chi connectivity index (χ1v) is 10.3. The summed E-state index contributed by atoms with van der Waals surface area (Å²) in [6.07, 6.45) is -0.885. The summed E-state index contributed by atoms with van der Waals surface area (Å²) in [6, 6.07) is 12.9. The van der Waals surface area contributed by atoms with Crippen molar-refractivity contribution in [3.05, 3.63) is 72.1 Å². The Balaban J connectivity index is 1.35. The zero-order chi connectivity index (χ0) is 22.3. The van der Waals surface area contributed by atoms with E-state index in [9.17, 15) is 18.0 Å². The molecular formula is C23H19F3N4O2. The summed E-state index contributed by atoms with van der Waals surface area (Å²) in [7, 11) is 0. The molecule has 0 radical (unpaired) electrons. The standard InChI is InChI=1S/C23H19F3N4O2/c24-23(25,26)15-7-8-21(27-12-15)32-20-11-14-10-19(20)30(13-14)22(31)17-5-2-1-4-16(17)18-6-3-9-28-29-18/h1-9,12,14,19-20H,10-11,13H2. The second kappa shape index (κ2) is 7.89. The summed E-state index contributed by atoms with van der Waals surface area (Å²) in [4.78, 5) is 19.1. The first-order chi connectivity index (χ1) is 15.4. The molecule has 164 valence electrons. The van der Waals surface area contributed by atoms with Gasteiger partial charge < -0.3 is 9.64 Å².